The first-order chi connectivity index (χ1) is 11.5. The molecule has 1 fully saturated rings. The van der Waals surface area contributed by atoms with Crippen LogP contribution in [0, 0.1) is 5.41 Å². The fourth-order valence-electron chi connectivity index (χ4n) is 2.84. The predicted molar refractivity (Wildman–Crippen MR) is 89.3 cm³/mol. The minimum absolute atomic E-state index is 0.0583. The molecule has 1 N–H and O–H groups in total. The summed E-state index contributed by atoms with van der Waals surface area (Å²) in [6.45, 7) is 1.13. The van der Waals surface area contributed by atoms with Crippen LogP contribution in [-0.2, 0) is 14.3 Å². The van der Waals surface area contributed by atoms with E-state index < -0.39 is 11.4 Å². The van der Waals surface area contributed by atoms with Gasteiger partial charge in [-0.05, 0) is 25.0 Å². The highest BCUT2D eigenvalue weighted by molar-refractivity contribution is 6.32. The Morgan fingerprint density at radius 3 is 2.79 bits per heavy atom. The normalized spacial score (nSPS) is 20.2. The van der Waals surface area contributed by atoms with Crippen LogP contribution in [0.25, 0.3) is 0 Å². The number of methoxy groups -OCH3 is 1. The van der Waals surface area contributed by atoms with Gasteiger partial charge < -0.3 is 19.5 Å². The zero-order valence-corrected chi connectivity index (χ0v) is 14.4. The second-order valence-corrected chi connectivity index (χ2v) is 6.37. The minimum Gasteiger partial charge on any atom is -0.492 e. The topological polar surface area (TPSA) is 76.1 Å². The number of aliphatic carboxylic acids is 1. The highest BCUT2D eigenvalue weighted by Gasteiger charge is 2.46. The Morgan fingerprint density at radius 2 is 2.12 bits per heavy atom. The van der Waals surface area contributed by atoms with Crippen molar-refractivity contribution in [1.82, 2.24) is 4.90 Å². The number of para-hydroxylation sites is 1. The van der Waals surface area contributed by atoms with Crippen molar-refractivity contribution in [3.63, 3.8) is 0 Å². The molecule has 1 saturated heterocycles. The lowest BCUT2D eigenvalue weighted by Crippen LogP contribution is -2.40. The van der Waals surface area contributed by atoms with E-state index in [9.17, 15) is 14.7 Å². The van der Waals surface area contributed by atoms with Crippen LogP contribution in [0.2, 0.25) is 5.02 Å². The standard InChI is InChI=1S/C17H22ClNO5/c1-23-12-17(16(21)22)8-9-19(11-17)15(20)7-4-10-24-14-6-3-2-5-13(14)18/h2-3,5-6H,4,7-12H2,1H3,(H,21,22). The molecular weight excluding hydrogens is 334 g/mol. The highest BCUT2D eigenvalue weighted by atomic mass is 35.5. The number of amides is 1. The lowest BCUT2D eigenvalue weighted by molar-refractivity contribution is -0.151. The summed E-state index contributed by atoms with van der Waals surface area (Å²) in [5.74, 6) is -0.378. The summed E-state index contributed by atoms with van der Waals surface area (Å²) in [5.41, 5.74) is -0.988. The number of halogens is 1. The zero-order chi connectivity index (χ0) is 17.6. The lowest BCUT2D eigenvalue weighted by atomic mass is 9.88. The van der Waals surface area contributed by atoms with Crippen LogP contribution in [0.15, 0.2) is 24.3 Å². The van der Waals surface area contributed by atoms with E-state index in [0.29, 0.717) is 43.2 Å². The van der Waals surface area contributed by atoms with Crippen molar-refractivity contribution >= 4 is 23.5 Å². The Bertz CT molecular complexity index is 594. The molecule has 7 heteroatoms. The van der Waals surface area contributed by atoms with Crippen molar-refractivity contribution in [3.8, 4) is 5.75 Å². The summed E-state index contributed by atoms with van der Waals surface area (Å²) in [5, 5.41) is 9.95. The first kappa shape index (κ1) is 18.5. The predicted octanol–water partition coefficient (Wildman–Crippen LogP) is 2.45. The van der Waals surface area contributed by atoms with Gasteiger partial charge in [0.25, 0.3) is 0 Å². The molecule has 0 saturated carbocycles. The molecule has 1 aromatic rings. The van der Waals surface area contributed by atoms with Crippen LogP contribution in [0.4, 0.5) is 0 Å². The van der Waals surface area contributed by atoms with E-state index in [1.807, 2.05) is 12.1 Å². The fourth-order valence-corrected chi connectivity index (χ4v) is 3.03. The van der Waals surface area contributed by atoms with Gasteiger partial charge >= 0.3 is 5.97 Å². The molecule has 0 bridgehead atoms. The molecule has 6 nitrogen and oxygen atoms in total. The molecule has 1 aliphatic heterocycles. The third kappa shape index (κ3) is 4.39. The van der Waals surface area contributed by atoms with E-state index in [1.165, 1.54) is 7.11 Å². The van der Waals surface area contributed by atoms with E-state index in [2.05, 4.69) is 0 Å². The SMILES string of the molecule is COCC1(C(=O)O)CCN(C(=O)CCCOc2ccccc2Cl)C1. The molecule has 1 aliphatic rings. The maximum atomic E-state index is 12.2. The van der Waals surface area contributed by atoms with Crippen molar-refractivity contribution < 1.29 is 24.2 Å². The first-order valence-corrected chi connectivity index (χ1v) is 8.24. The number of carbonyl (C=O) groups excluding carboxylic acids is 1. The van der Waals surface area contributed by atoms with Gasteiger partial charge in [0.15, 0.2) is 0 Å². The number of likely N-dealkylation sites (tertiary alicyclic amines) is 1. The third-order valence-electron chi connectivity index (χ3n) is 4.21. The van der Waals surface area contributed by atoms with E-state index in [4.69, 9.17) is 21.1 Å². The Labute approximate surface area is 146 Å². The molecule has 24 heavy (non-hydrogen) atoms. The minimum atomic E-state index is -0.988. The van der Waals surface area contributed by atoms with Crippen molar-refractivity contribution in [2.24, 2.45) is 5.41 Å². The van der Waals surface area contributed by atoms with Crippen LogP contribution >= 0.6 is 11.6 Å². The number of ether oxygens (including phenoxy) is 2. The molecule has 1 unspecified atom stereocenters. The monoisotopic (exact) mass is 355 g/mol. The van der Waals surface area contributed by atoms with Crippen molar-refractivity contribution in [3.05, 3.63) is 29.3 Å². The summed E-state index contributed by atoms with van der Waals surface area (Å²) in [7, 11) is 1.47. The van der Waals surface area contributed by atoms with Crippen molar-refractivity contribution in [1.29, 1.82) is 0 Å². The van der Waals surface area contributed by atoms with Crippen molar-refractivity contribution in [2.45, 2.75) is 19.3 Å². The number of hydrogen-bond donors (Lipinski definition) is 1. The van der Waals surface area contributed by atoms with Gasteiger partial charge in [-0.25, -0.2) is 0 Å². The Kier molecular flexibility index (Phi) is 6.45. The largest absolute Gasteiger partial charge is 0.492 e. The molecule has 1 amide bonds. The van der Waals surface area contributed by atoms with Crippen LogP contribution in [0.1, 0.15) is 19.3 Å². The van der Waals surface area contributed by atoms with E-state index in [1.54, 1.807) is 17.0 Å². The quantitative estimate of drug-likeness (QED) is 0.725. The Hall–Kier alpha value is -1.79. The van der Waals surface area contributed by atoms with E-state index in [0.717, 1.165) is 0 Å². The van der Waals surface area contributed by atoms with Gasteiger partial charge in [0, 0.05) is 26.6 Å². The van der Waals surface area contributed by atoms with Crippen LogP contribution < -0.4 is 4.74 Å². The van der Waals surface area contributed by atoms with Gasteiger partial charge in [-0.2, -0.15) is 0 Å². The lowest BCUT2D eigenvalue weighted by Gasteiger charge is -2.23. The summed E-state index contributed by atoms with van der Waals surface area (Å²) in [6, 6.07) is 7.17. The maximum Gasteiger partial charge on any atom is 0.313 e. The molecule has 0 spiro atoms. The molecule has 2 rings (SSSR count). The molecule has 1 aromatic carbocycles. The molecule has 132 valence electrons. The number of benzene rings is 1. The second kappa shape index (κ2) is 8.35. The number of carboxylic acid groups (broad SMARTS) is 1. The van der Waals surface area contributed by atoms with Gasteiger partial charge in [0.2, 0.25) is 5.91 Å². The number of hydrogen-bond acceptors (Lipinski definition) is 4. The zero-order valence-electron chi connectivity index (χ0n) is 13.7. The average molecular weight is 356 g/mol. The summed E-state index contributed by atoms with van der Waals surface area (Å²) < 4.78 is 10.6. The van der Waals surface area contributed by atoms with Gasteiger partial charge in [0.05, 0.1) is 18.2 Å². The third-order valence-corrected chi connectivity index (χ3v) is 4.52. The van der Waals surface area contributed by atoms with Gasteiger partial charge in [-0.15, -0.1) is 0 Å². The number of carboxylic acids is 1. The van der Waals surface area contributed by atoms with E-state index in [-0.39, 0.29) is 19.1 Å². The Balaban J connectivity index is 1.77. The highest BCUT2D eigenvalue weighted by Crippen LogP contribution is 2.31. The van der Waals surface area contributed by atoms with Crippen LogP contribution in [0.5, 0.6) is 5.75 Å². The van der Waals surface area contributed by atoms with Crippen LogP contribution in [0.3, 0.4) is 0 Å². The van der Waals surface area contributed by atoms with E-state index >= 15 is 0 Å². The molecule has 0 aliphatic carbocycles. The molecule has 0 radical (unpaired) electrons. The van der Waals surface area contributed by atoms with Crippen molar-refractivity contribution in [2.75, 3.05) is 33.4 Å². The second-order valence-electron chi connectivity index (χ2n) is 5.97. The summed E-state index contributed by atoms with van der Waals surface area (Å²) in [4.78, 5) is 25.3. The number of nitrogens with zero attached hydrogens (tertiary/aromatic N) is 1. The van der Waals surface area contributed by atoms with Gasteiger partial charge in [0.1, 0.15) is 11.2 Å². The summed E-state index contributed by atoms with van der Waals surface area (Å²) >= 11 is 5.99. The Morgan fingerprint density at radius 1 is 1.38 bits per heavy atom. The summed E-state index contributed by atoms with van der Waals surface area (Å²) in [6.07, 6.45) is 1.27. The molecule has 1 atom stereocenters. The molecular formula is C17H22ClNO5. The smallest absolute Gasteiger partial charge is 0.313 e. The first-order valence-electron chi connectivity index (χ1n) is 7.86. The fraction of sp³-hybridized carbons (Fsp3) is 0.529. The van der Waals surface area contributed by atoms with Gasteiger partial charge in [-0.1, -0.05) is 23.7 Å². The number of rotatable bonds is 8. The maximum absolute atomic E-state index is 12.2. The number of carbonyl (C=O) groups is 2. The van der Waals surface area contributed by atoms with Crippen LogP contribution in [-0.4, -0.2) is 55.3 Å². The molecule has 0 aromatic heterocycles. The average Bonchev–Trinajstić information content (AvgIpc) is 2.99. The van der Waals surface area contributed by atoms with Gasteiger partial charge in [-0.3, -0.25) is 9.59 Å². The molecule has 1 heterocycles.